The van der Waals surface area contributed by atoms with Gasteiger partial charge in [-0.25, -0.2) is 13.4 Å². The molecule has 5 rings (SSSR count). The molecule has 10 heteroatoms. The SMILES string of the molecule is [B]c1cnn2c(NCc3cccc(NS(=O)(=O)c4ccccc4C)c3)cc(-c3ccccc3Cl)nc12. The van der Waals surface area contributed by atoms with Gasteiger partial charge in [-0.05, 0) is 47.8 Å². The number of sulfonamides is 1. The second kappa shape index (κ2) is 9.68. The van der Waals surface area contributed by atoms with E-state index in [1.807, 2.05) is 30.3 Å². The Morgan fingerprint density at radius 3 is 2.58 bits per heavy atom. The van der Waals surface area contributed by atoms with Crippen LogP contribution in [0.3, 0.4) is 0 Å². The summed E-state index contributed by atoms with van der Waals surface area (Å²) in [6, 6.07) is 23.4. The van der Waals surface area contributed by atoms with Gasteiger partial charge in [0.15, 0.2) is 5.65 Å². The number of nitrogens with zero attached hydrogens (tertiary/aromatic N) is 3. The number of benzene rings is 3. The van der Waals surface area contributed by atoms with E-state index in [9.17, 15) is 8.42 Å². The Bertz CT molecular complexity index is 1690. The first-order chi connectivity index (χ1) is 17.3. The lowest BCUT2D eigenvalue weighted by atomic mass is 10.0. The van der Waals surface area contributed by atoms with Gasteiger partial charge in [0.1, 0.15) is 13.7 Å². The Morgan fingerprint density at radius 1 is 1.00 bits per heavy atom. The van der Waals surface area contributed by atoms with Gasteiger partial charge >= 0.3 is 0 Å². The van der Waals surface area contributed by atoms with Crippen LogP contribution in [0.2, 0.25) is 5.02 Å². The predicted octanol–water partition coefficient (Wildman–Crippen LogP) is 4.56. The van der Waals surface area contributed by atoms with E-state index in [1.165, 1.54) is 0 Å². The fraction of sp³-hybridized carbons (Fsp3) is 0.0769. The predicted molar refractivity (Wildman–Crippen MR) is 145 cm³/mol. The maximum absolute atomic E-state index is 12.9. The summed E-state index contributed by atoms with van der Waals surface area (Å²) < 4.78 is 30.1. The summed E-state index contributed by atoms with van der Waals surface area (Å²) in [5.74, 6) is 0.664. The minimum atomic E-state index is -3.71. The molecule has 0 aliphatic heterocycles. The summed E-state index contributed by atoms with van der Waals surface area (Å²) >= 11 is 6.40. The molecule has 2 N–H and O–H groups in total. The molecule has 0 fully saturated rings. The Balaban J connectivity index is 1.42. The number of hydrogen-bond acceptors (Lipinski definition) is 5. The summed E-state index contributed by atoms with van der Waals surface area (Å²) in [5.41, 5.74) is 4.40. The lowest BCUT2D eigenvalue weighted by Gasteiger charge is -2.13. The molecule has 7 nitrogen and oxygen atoms in total. The van der Waals surface area contributed by atoms with E-state index in [4.69, 9.17) is 19.4 Å². The molecule has 2 heterocycles. The van der Waals surface area contributed by atoms with Crippen molar-refractivity contribution in [3.05, 3.63) is 101 Å². The van der Waals surface area contributed by atoms with Crippen molar-refractivity contribution in [1.82, 2.24) is 14.6 Å². The maximum atomic E-state index is 12.9. The Hall–Kier alpha value is -3.82. The number of rotatable bonds is 7. The van der Waals surface area contributed by atoms with Gasteiger partial charge in [-0.2, -0.15) is 9.61 Å². The van der Waals surface area contributed by atoms with Crippen LogP contribution in [-0.4, -0.2) is 30.9 Å². The first kappa shape index (κ1) is 23.9. The van der Waals surface area contributed by atoms with Gasteiger partial charge in [-0.15, -0.1) is 0 Å². The second-order valence-corrected chi connectivity index (χ2v) is 10.3. The minimum Gasteiger partial charge on any atom is -0.366 e. The van der Waals surface area contributed by atoms with Crippen LogP contribution >= 0.6 is 11.6 Å². The van der Waals surface area contributed by atoms with Gasteiger partial charge in [0.2, 0.25) is 0 Å². The lowest BCUT2D eigenvalue weighted by molar-refractivity contribution is 0.600. The molecule has 0 aliphatic rings. The first-order valence-electron chi connectivity index (χ1n) is 11.1. The number of aryl methyl sites for hydroxylation is 1. The summed E-state index contributed by atoms with van der Waals surface area (Å²) in [5, 5.41) is 8.28. The van der Waals surface area contributed by atoms with E-state index in [-0.39, 0.29) is 4.90 Å². The van der Waals surface area contributed by atoms with E-state index >= 15 is 0 Å². The highest BCUT2D eigenvalue weighted by Crippen LogP contribution is 2.28. The van der Waals surface area contributed by atoms with Crippen LogP contribution in [0.5, 0.6) is 0 Å². The lowest BCUT2D eigenvalue weighted by Crippen LogP contribution is -2.14. The minimum absolute atomic E-state index is 0.246. The highest BCUT2D eigenvalue weighted by molar-refractivity contribution is 7.92. The molecule has 0 unspecified atom stereocenters. The van der Waals surface area contributed by atoms with Crippen molar-refractivity contribution < 1.29 is 8.42 Å². The summed E-state index contributed by atoms with van der Waals surface area (Å²) in [6.07, 6.45) is 1.55. The van der Waals surface area contributed by atoms with Crippen molar-refractivity contribution in [2.75, 3.05) is 10.0 Å². The van der Waals surface area contributed by atoms with Crippen LogP contribution in [0.4, 0.5) is 11.5 Å². The number of halogens is 1. The van der Waals surface area contributed by atoms with E-state index in [1.54, 1.807) is 66.2 Å². The molecule has 36 heavy (non-hydrogen) atoms. The molecule has 0 saturated heterocycles. The third-order valence-corrected chi connectivity index (χ3v) is 7.56. The fourth-order valence-corrected chi connectivity index (χ4v) is 5.45. The molecule has 0 spiro atoms. The van der Waals surface area contributed by atoms with E-state index < -0.39 is 10.0 Å². The van der Waals surface area contributed by atoms with Gasteiger partial charge in [0.05, 0.1) is 10.6 Å². The Kier molecular flexibility index (Phi) is 6.43. The maximum Gasteiger partial charge on any atom is 0.262 e. The van der Waals surface area contributed by atoms with Gasteiger partial charge < -0.3 is 5.32 Å². The largest absolute Gasteiger partial charge is 0.366 e. The first-order valence-corrected chi connectivity index (χ1v) is 13.0. The summed E-state index contributed by atoms with van der Waals surface area (Å²) in [4.78, 5) is 4.89. The van der Waals surface area contributed by atoms with Gasteiger partial charge in [0, 0.05) is 35.1 Å². The number of hydrogen-bond donors (Lipinski definition) is 2. The van der Waals surface area contributed by atoms with Crippen LogP contribution in [0, 0.1) is 6.92 Å². The zero-order valence-corrected chi connectivity index (χ0v) is 20.9. The zero-order valence-electron chi connectivity index (χ0n) is 19.3. The average molecular weight is 514 g/mol. The number of nitrogens with one attached hydrogen (secondary N) is 2. The number of anilines is 2. The zero-order chi connectivity index (χ0) is 25.3. The monoisotopic (exact) mass is 513 g/mol. The standard InChI is InChI=1S/C26H21BClN5O2S/c1-17-7-2-5-12-24(17)36(34,35)32-19-9-6-8-18(13-19)15-29-25-14-23(20-10-3-4-11-22(20)28)31-26-21(27)16-30-33(25)26/h2-14,16,29,32H,15H2,1H3. The molecule has 2 radical (unpaired) electrons. The highest BCUT2D eigenvalue weighted by atomic mass is 35.5. The van der Waals surface area contributed by atoms with E-state index in [0.29, 0.717) is 45.4 Å². The van der Waals surface area contributed by atoms with Crippen molar-refractivity contribution >= 4 is 52.1 Å². The third-order valence-electron chi connectivity index (χ3n) is 5.68. The van der Waals surface area contributed by atoms with Crippen LogP contribution in [0.15, 0.2) is 90.0 Å². The topological polar surface area (TPSA) is 88.4 Å². The molecule has 5 aromatic rings. The van der Waals surface area contributed by atoms with Crippen molar-refractivity contribution in [2.24, 2.45) is 0 Å². The van der Waals surface area contributed by atoms with Crippen LogP contribution in [0.1, 0.15) is 11.1 Å². The molecule has 0 atom stereocenters. The average Bonchev–Trinajstić information content (AvgIpc) is 3.23. The second-order valence-electron chi connectivity index (χ2n) is 8.27. The molecule has 0 amide bonds. The quantitative estimate of drug-likeness (QED) is 0.311. The highest BCUT2D eigenvalue weighted by Gasteiger charge is 2.17. The normalized spacial score (nSPS) is 11.5. The molecular formula is C26H21BClN5O2S. The Labute approximate surface area is 215 Å². The van der Waals surface area contributed by atoms with Crippen molar-refractivity contribution in [1.29, 1.82) is 0 Å². The van der Waals surface area contributed by atoms with E-state index in [0.717, 1.165) is 11.1 Å². The Morgan fingerprint density at radius 2 is 1.78 bits per heavy atom. The van der Waals surface area contributed by atoms with Gasteiger partial charge in [-0.3, -0.25) is 4.72 Å². The van der Waals surface area contributed by atoms with Crippen LogP contribution in [0.25, 0.3) is 16.9 Å². The van der Waals surface area contributed by atoms with Crippen LogP contribution in [-0.2, 0) is 16.6 Å². The molecule has 0 aliphatic carbocycles. The molecule has 0 saturated carbocycles. The molecule has 3 aromatic carbocycles. The molecule has 178 valence electrons. The van der Waals surface area contributed by atoms with Gasteiger partial charge in [-0.1, -0.05) is 60.1 Å². The summed E-state index contributed by atoms with van der Waals surface area (Å²) in [7, 11) is 2.39. The van der Waals surface area contributed by atoms with Crippen molar-refractivity contribution in [2.45, 2.75) is 18.4 Å². The molecule has 2 aromatic heterocycles. The number of aromatic nitrogens is 3. The number of fused-ring (bicyclic) bond motifs is 1. The van der Waals surface area contributed by atoms with Crippen molar-refractivity contribution in [3.8, 4) is 11.3 Å². The summed E-state index contributed by atoms with van der Waals surface area (Å²) in [6.45, 7) is 2.17. The molecular weight excluding hydrogens is 493 g/mol. The smallest absolute Gasteiger partial charge is 0.262 e. The fourth-order valence-electron chi connectivity index (χ4n) is 3.92. The van der Waals surface area contributed by atoms with Crippen LogP contribution < -0.4 is 15.5 Å². The molecule has 0 bridgehead atoms. The van der Waals surface area contributed by atoms with E-state index in [2.05, 4.69) is 20.1 Å². The van der Waals surface area contributed by atoms with Gasteiger partial charge in [0.25, 0.3) is 10.0 Å². The third kappa shape index (κ3) is 4.80. The van der Waals surface area contributed by atoms with Crippen molar-refractivity contribution in [3.63, 3.8) is 0 Å².